The van der Waals surface area contributed by atoms with E-state index in [0.717, 1.165) is 28.6 Å². The summed E-state index contributed by atoms with van der Waals surface area (Å²) in [4.78, 5) is 31.9. The maximum Gasteiger partial charge on any atom is 0.247 e. The zero-order valence-corrected chi connectivity index (χ0v) is 18.3. The minimum absolute atomic E-state index is 0. The number of rotatable bonds is 5. The van der Waals surface area contributed by atoms with Crippen LogP contribution in [0.25, 0.3) is 10.9 Å². The predicted octanol–water partition coefficient (Wildman–Crippen LogP) is 4.11. The summed E-state index contributed by atoms with van der Waals surface area (Å²) in [5.74, 6) is -0.127. The number of anilines is 2. The van der Waals surface area contributed by atoms with Gasteiger partial charge in [0.25, 0.3) is 0 Å². The molecule has 0 spiro atoms. The van der Waals surface area contributed by atoms with E-state index in [1.165, 1.54) is 0 Å². The summed E-state index contributed by atoms with van der Waals surface area (Å²) in [6.45, 7) is 2.52. The maximum atomic E-state index is 12.9. The number of amides is 2. The Bertz CT molecular complexity index is 1090. The summed E-state index contributed by atoms with van der Waals surface area (Å²) in [6, 6.07) is 16.8. The number of hydrogen-bond donors (Lipinski definition) is 2. The number of likely N-dealkylation sites (tertiary alicyclic amines) is 1. The number of pyridine rings is 1. The lowest BCUT2D eigenvalue weighted by Crippen LogP contribution is -2.43. The lowest BCUT2D eigenvalue weighted by molar-refractivity contribution is -0.136. The van der Waals surface area contributed by atoms with Gasteiger partial charge in [-0.2, -0.15) is 0 Å². The van der Waals surface area contributed by atoms with Crippen molar-refractivity contribution in [2.24, 2.45) is 0 Å². The standard InChI is InChI=1S/C24H26N4O2.ClH/c1-16-14-20(25)19-15-18(10-11-21(19)26-16)27-24(30)22-8-5-13-28(22)23(29)12-9-17-6-3-2-4-7-17;/h2-4,6-7,10-11,14-15,22H,5,8-9,12-13H2,1H3,(H2,25,26)(H,27,30);1H/t22-;/m0./s1. The fourth-order valence-electron chi connectivity index (χ4n) is 4.07. The van der Waals surface area contributed by atoms with E-state index in [-0.39, 0.29) is 24.2 Å². The number of fused-ring (bicyclic) bond motifs is 1. The van der Waals surface area contributed by atoms with E-state index < -0.39 is 6.04 Å². The quantitative estimate of drug-likeness (QED) is 0.627. The zero-order valence-electron chi connectivity index (χ0n) is 17.5. The number of nitrogens with zero attached hydrogens (tertiary/aromatic N) is 2. The van der Waals surface area contributed by atoms with Crippen molar-refractivity contribution in [3.63, 3.8) is 0 Å². The number of aryl methyl sites for hydroxylation is 2. The third-order valence-electron chi connectivity index (χ3n) is 5.58. The van der Waals surface area contributed by atoms with Gasteiger partial charge in [0.1, 0.15) is 6.04 Å². The minimum Gasteiger partial charge on any atom is -0.398 e. The summed E-state index contributed by atoms with van der Waals surface area (Å²) < 4.78 is 0. The summed E-state index contributed by atoms with van der Waals surface area (Å²) >= 11 is 0. The molecular weight excluding hydrogens is 412 g/mol. The van der Waals surface area contributed by atoms with Crippen LogP contribution in [0.15, 0.2) is 54.6 Å². The molecule has 7 heteroatoms. The zero-order chi connectivity index (χ0) is 21.1. The van der Waals surface area contributed by atoms with E-state index in [0.29, 0.717) is 37.2 Å². The topological polar surface area (TPSA) is 88.3 Å². The van der Waals surface area contributed by atoms with E-state index in [1.807, 2.05) is 61.5 Å². The predicted molar refractivity (Wildman–Crippen MR) is 126 cm³/mol. The normalized spacial score (nSPS) is 15.5. The molecule has 0 aliphatic carbocycles. The molecular formula is C24H27ClN4O2. The van der Waals surface area contributed by atoms with Gasteiger partial charge in [0.15, 0.2) is 0 Å². The summed E-state index contributed by atoms with van der Waals surface area (Å²) in [5, 5.41) is 3.77. The van der Waals surface area contributed by atoms with Gasteiger partial charge in [-0.05, 0) is 56.0 Å². The van der Waals surface area contributed by atoms with Crippen LogP contribution in [0.1, 0.15) is 30.5 Å². The monoisotopic (exact) mass is 438 g/mol. The average molecular weight is 439 g/mol. The molecule has 2 heterocycles. The molecule has 1 saturated heterocycles. The van der Waals surface area contributed by atoms with Crippen molar-refractivity contribution < 1.29 is 9.59 Å². The third-order valence-corrected chi connectivity index (χ3v) is 5.58. The van der Waals surface area contributed by atoms with Gasteiger partial charge < -0.3 is 16.0 Å². The van der Waals surface area contributed by atoms with Crippen molar-refractivity contribution in [2.45, 2.75) is 38.6 Å². The number of nitrogens with two attached hydrogens (primary N) is 1. The van der Waals surface area contributed by atoms with Gasteiger partial charge in [-0.25, -0.2) is 0 Å². The van der Waals surface area contributed by atoms with Crippen LogP contribution in [0.2, 0.25) is 0 Å². The number of nitrogens with one attached hydrogen (secondary N) is 1. The number of nitrogen functional groups attached to an aromatic ring is 1. The van der Waals surface area contributed by atoms with Crippen LogP contribution in [0, 0.1) is 6.92 Å². The van der Waals surface area contributed by atoms with Crippen LogP contribution >= 0.6 is 12.4 Å². The molecule has 0 saturated carbocycles. The Hall–Kier alpha value is -3.12. The maximum absolute atomic E-state index is 12.9. The van der Waals surface area contributed by atoms with Gasteiger partial charge in [0.05, 0.1) is 5.52 Å². The second-order valence-corrected chi connectivity index (χ2v) is 7.80. The lowest BCUT2D eigenvalue weighted by Gasteiger charge is -2.24. The molecule has 2 amide bonds. The largest absolute Gasteiger partial charge is 0.398 e. The van der Waals surface area contributed by atoms with Crippen LogP contribution in [-0.4, -0.2) is 34.3 Å². The molecule has 0 radical (unpaired) electrons. The number of benzene rings is 2. The highest BCUT2D eigenvalue weighted by atomic mass is 35.5. The highest BCUT2D eigenvalue weighted by Gasteiger charge is 2.33. The highest BCUT2D eigenvalue weighted by Crippen LogP contribution is 2.25. The second kappa shape index (κ2) is 9.79. The Morgan fingerprint density at radius 1 is 1.16 bits per heavy atom. The third kappa shape index (κ3) is 5.14. The van der Waals surface area contributed by atoms with Crippen LogP contribution in [-0.2, 0) is 16.0 Å². The van der Waals surface area contributed by atoms with E-state index in [9.17, 15) is 9.59 Å². The molecule has 3 N–H and O–H groups in total. The van der Waals surface area contributed by atoms with Crippen molar-refractivity contribution >= 4 is 46.5 Å². The van der Waals surface area contributed by atoms with E-state index in [1.54, 1.807) is 4.90 Å². The van der Waals surface area contributed by atoms with Gasteiger partial charge >= 0.3 is 0 Å². The summed E-state index contributed by atoms with van der Waals surface area (Å²) in [5.41, 5.74) is 10.2. The molecule has 0 unspecified atom stereocenters. The minimum atomic E-state index is -0.433. The van der Waals surface area contributed by atoms with Gasteiger partial charge in [0.2, 0.25) is 11.8 Å². The SMILES string of the molecule is Cc1cc(N)c2cc(NC(=O)[C@@H]3CCCN3C(=O)CCc3ccccc3)ccc2n1.Cl. The molecule has 1 fully saturated rings. The Morgan fingerprint density at radius 2 is 1.94 bits per heavy atom. The van der Waals surface area contributed by atoms with Crippen molar-refractivity contribution in [2.75, 3.05) is 17.6 Å². The molecule has 6 nitrogen and oxygen atoms in total. The molecule has 2 aromatic carbocycles. The van der Waals surface area contributed by atoms with Crippen molar-refractivity contribution in [1.82, 2.24) is 9.88 Å². The summed E-state index contributed by atoms with van der Waals surface area (Å²) in [7, 11) is 0. The lowest BCUT2D eigenvalue weighted by atomic mass is 10.1. The number of hydrogen-bond acceptors (Lipinski definition) is 4. The molecule has 0 bridgehead atoms. The van der Waals surface area contributed by atoms with Gasteiger partial charge in [0, 0.05) is 35.4 Å². The Morgan fingerprint density at radius 3 is 2.71 bits per heavy atom. The van der Waals surface area contributed by atoms with Gasteiger partial charge in [-0.1, -0.05) is 30.3 Å². The molecule has 3 aromatic rings. The number of carbonyl (C=O) groups is 2. The Labute approximate surface area is 188 Å². The van der Waals surface area contributed by atoms with Gasteiger partial charge in [-0.15, -0.1) is 12.4 Å². The van der Waals surface area contributed by atoms with Crippen molar-refractivity contribution in [1.29, 1.82) is 0 Å². The number of halogens is 1. The smallest absolute Gasteiger partial charge is 0.247 e. The fourth-order valence-corrected chi connectivity index (χ4v) is 4.07. The first-order chi connectivity index (χ1) is 14.5. The molecule has 1 atom stereocenters. The molecule has 4 rings (SSSR count). The van der Waals surface area contributed by atoms with Crippen LogP contribution in [0.3, 0.4) is 0 Å². The highest BCUT2D eigenvalue weighted by molar-refractivity contribution is 6.00. The van der Waals surface area contributed by atoms with E-state index in [2.05, 4.69) is 10.3 Å². The van der Waals surface area contributed by atoms with Crippen LogP contribution in [0.5, 0.6) is 0 Å². The fraction of sp³-hybridized carbons (Fsp3) is 0.292. The number of aromatic nitrogens is 1. The Kier molecular flexibility index (Phi) is 7.13. The molecule has 162 valence electrons. The van der Waals surface area contributed by atoms with Gasteiger partial charge in [-0.3, -0.25) is 14.6 Å². The first-order valence-electron chi connectivity index (χ1n) is 10.3. The first kappa shape index (κ1) is 22.6. The second-order valence-electron chi connectivity index (χ2n) is 7.80. The molecule has 1 aliphatic heterocycles. The van der Waals surface area contributed by atoms with Crippen molar-refractivity contribution in [3.05, 3.63) is 65.9 Å². The van der Waals surface area contributed by atoms with Crippen LogP contribution < -0.4 is 11.1 Å². The van der Waals surface area contributed by atoms with E-state index in [4.69, 9.17) is 5.73 Å². The number of carbonyl (C=O) groups excluding carboxylic acids is 2. The molecule has 1 aliphatic rings. The van der Waals surface area contributed by atoms with E-state index >= 15 is 0 Å². The van der Waals surface area contributed by atoms with Crippen LogP contribution in [0.4, 0.5) is 11.4 Å². The Balaban J connectivity index is 0.00000272. The van der Waals surface area contributed by atoms with Crippen molar-refractivity contribution in [3.8, 4) is 0 Å². The summed E-state index contributed by atoms with van der Waals surface area (Å²) in [6.07, 6.45) is 2.61. The average Bonchev–Trinajstić information content (AvgIpc) is 3.23. The molecule has 31 heavy (non-hydrogen) atoms. The first-order valence-corrected chi connectivity index (χ1v) is 10.3. The molecule has 1 aromatic heterocycles.